The highest BCUT2D eigenvalue weighted by molar-refractivity contribution is 7.92. The van der Waals surface area contributed by atoms with Crippen LogP contribution in [0.4, 0.5) is 11.4 Å². The third-order valence-corrected chi connectivity index (χ3v) is 2.19. The topological polar surface area (TPSA) is 109 Å². The molecule has 0 amide bonds. The van der Waals surface area contributed by atoms with E-state index in [2.05, 4.69) is 4.72 Å². The number of nitrogens with one attached hydrogen (secondary N) is 1. The smallest absolute Gasteiger partial charge is 0.337 e. The molecule has 4 N–H and O–H groups in total. The van der Waals surface area contributed by atoms with Crippen molar-refractivity contribution < 1.29 is 18.3 Å². The van der Waals surface area contributed by atoms with Crippen molar-refractivity contribution in [3.8, 4) is 0 Å². The van der Waals surface area contributed by atoms with E-state index in [0.29, 0.717) is 0 Å². The third kappa shape index (κ3) is 3.13. The number of benzene rings is 1. The maximum absolute atomic E-state index is 10.9. The lowest BCUT2D eigenvalue weighted by molar-refractivity contribution is 0.0698. The van der Waals surface area contributed by atoms with E-state index in [1.165, 1.54) is 18.2 Å². The van der Waals surface area contributed by atoms with Crippen LogP contribution in [0, 0.1) is 0 Å². The van der Waals surface area contributed by atoms with Gasteiger partial charge in [-0.25, -0.2) is 13.2 Å². The first-order chi connectivity index (χ1) is 6.79. The number of aromatic carboxylic acids is 1. The van der Waals surface area contributed by atoms with E-state index in [1.54, 1.807) is 0 Å². The zero-order chi connectivity index (χ0) is 11.6. The zero-order valence-corrected chi connectivity index (χ0v) is 8.71. The van der Waals surface area contributed by atoms with Crippen LogP contribution in [0.1, 0.15) is 10.4 Å². The van der Waals surface area contributed by atoms with E-state index in [9.17, 15) is 13.2 Å². The van der Waals surface area contributed by atoms with Crippen LogP contribution in [0.2, 0.25) is 0 Å². The second kappa shape index (κ2) is 3.77. The molecule has 0 saturated carbocycles. The number of nitrogen functional groups attached to an aromatic ring is 1. The number of hydrogen-bond donors (Lipinski definition) is 3. The molecule has 1 aromatic rings. The van der Waals surface area contributed by atoms with Crippen LogP contribution in [0.25, 0.3) is 0 Å². The average Bonchev–Trinajstić information content (AvgIpc) is 2.05. The summed E-state index contributed by atoms with van der Waals surface area (Å²) in [6.45, 7) is 0. The highest BCUT2D eigenvalue weighted by Crippen LogP contribution is 2.18. The fourth-order valence-electron chi connectivity index (χ4n) is 1.02. The second-order valence-electron chi connectivity index (χ2n) is 2.98. The second-order valence-corrected chi connectivity index (χ2v) is 4.73. The maximum Gasteiger partial charge on any atom is 0.337 e. The molecule has 6 nitrogen and oxygen atoms in total. The summed E-state index contributed by atoms with van der Waals surface area (Å²) in [7, 11) is -3.42. The highest BCUT2D eigenvalue weighted by Gasteiger charge is 2.10. The van der Waals surface area contributed by atoms with Crippen molar-refractivity contribution in [2.45, 2.75) is 0 Å². The Hall–Kier alpha value is -1.76. The van der Waals surface area contributed by atoms with Gasteiger partial charge in [0.25, 0.3) is 0 Å². The standard InChI is InChI=1S/C8H10N2O4S/c1-15(13,14)10-5-2-3-7(9)6(4-5)8(11)12/h2-4,10H,9H2,1H3,(H,11,12). The Balaban J connectivity index is 3.14. The van der Waals surface area contributed by atoms with E-state index >= 15 is 0 Å². The third-order valence-electron chi connectivity index (χ3n) is 1.59. The first-order valence-corrected chi connectivity index (χ1v) is 5.79. The van der Waals surface area contributed by atoms with Crippen molar-refractivity contribution >= 4 is 27.4 Å². The minimum atomic E-state index is -3.42. The van der Waals surface area contributed by atoms with E-state index in [4.69, 9.17) is 10.8 Å². The molecule has 0 saturated heterocycles. The molecule has 1 rings (SSSR count). The molecule has 0 aliphatic heterocycles. The summed E-state index contributed by atoms with van der Waals surface area (Å²) in [5.41, 5.74) is 5.52. The van der Waals surface area contributed by atoms with Crippen molar-refractivity contribution in [3.63, 3.8) is 0 Å². The van der Waals surface area contributed by atoms with Gasteiger partial charge in [-0.2, -0.15) is 0 Å². The summed E-state index contributed by atoms with van der Waals surface area (Å²) in [5.74, 6) is -1.20. The fraction of sp³-hybridized carbons (Fsp3) is 0.125. The molecule has 0 unspecified atom stereocenters. The minimum Gasteiger partial charge on any atom is -0.478 e. The summed E-state index contributed by atoms with van der Waals surface area (Å²) in [6, 6.07) is 3.89. The molecule has 7 heteroatoms. The van der Waals surface area contributed by atoms with Crippen LogP contribution in [0.15, 0.2) is 18.2 Å². The van der Waals surface area contributed by atoms with Crippen LogP contribution in [0.3, 0.4) is 0 Å². The Morgan fingerprint density at radius 1 is 1.47 bits per heavy atom. The average molecular weight is 230 g/mol. The van der Waals surface area contributed by atoms with Crippen LogP contribution >= 0.6 is 0 Å². The molecule has 0 aliphatic rings. The van der Waals surface area contributed by atoms with Crippen LogP contribution in [-0.2, 0) is 10.0 Å². The monoisotopic (exact) mass is 230 g/mol. The number of carboxylic acids is 1. The zero-order valence-electron chi connectivity index (χ0n) is 7.89. The molecule has 0 atom stereocenters. The highest BCUT2D eigenvalue weighted by atomic mass is 32.2. The first-order valence-electron chi connectivity index (χ1n) is 3.90. The normalized spacial score (nSPS) is 11.0. The van der Waals surface area contributed by atoms with Gasteiger partial charge in [0.05, 0.1) is 11.8 Å². The van der Waals surface area contributed by atoms with Crippen molar-refractivity contribution in [1.82, 2.24) is 0 Å². The van der Waals surface area contributed by atoms with Gasteiger partial charge < -0.3 is 10.8 Å². The predicted octanol–water partition coefficient (Wildman–Crippen LogP) is 0.339. The number of nitrogens with two attached hydrogens (primary N) is 1. The summed E-state index contributed by atoms with van der Waals surface area (Å²) in [6.07, 6.45) is 0.976. The predicted molar refractivity (Wildman–Crippen MR) is 56.3 cm³/mol. The molecule has 0 spiro atoms. The van der Waals surface area contributed by atoms with E-state index in [0.717, 1.165) is 6.26 Å². The molecule has 0 aliphatic carbocycles. The molecule has 0 radical (unpaired) electrons. The van der Waals surface area contributed by atoms with Gasteiger partial charge in [-0.3, -0.25) is 4.72 Å². The van der Waals surface area contributed by atoms with Gasteiger partial charge in [0.15, 0.2) is 0 Å². The summed E-state index contributed by atoms with van der Waals surface area (Å²) < 4.78 is 23.9. The van der Waals surface area contributed by atoms with Gasteiger partial charge in [-0.1, -0.05) is 0 Å². The van der Waals surface area contributed by atoms with Gasteiger partial charge in [-0.05, 0) is 18.2 Å². The Labute approximate surface area is 86.8 Å². The van der Waals surface area contributed by atoms with Gasteiger partial charge in [-0.15, -0.1) is 0 Å². The van der Waals surface area contributed by atoms with Gasteiger partial charge in [0, 0.05) is 11.4 Å². The lowest BCUT2D eigenvalue weighted by Gasteiger charge is -2.06. The van der Waals surface area contributed by atoms with Crippen molar-refractivity contribution in [2.75, 3.05) is 16.7 Å². The Bertz CT molecular complexity index is 495. The fourth-order valence-corrected chi connectivity index (χ4v) is 1.57. The van der Waals surface area contributed by atoms with Gasteiger partial charge in [0.2, 0.25) is 10.0 Å². The number of rotatable bonds is 3. The Kier molecular flexibility index (Phi) is 2.85. The molecule has 0 aromatic heterocycles. The Morgan fingerprint density at radius 3 is 2.53 bits per heavy atom. The van der Waals surface area contributed by atoms with Crippen molar-refractivity contribution in [2.24, 2.45) is 0 Å². The van der Waals surface area contributed by atoms with E-state index in [1.807, 2.05) is 0 Å². The SMILES string of the molecule is CS(=O)(=O)Nc1ccc(N)c(C(=O)O)c1. The molecule has 0 heterocycles. The quantitative estimate of drug-likeness (QED) is 0.648. The molecule has 0 fully saturated rings. The van der Waals surface area contributed by atoms with E-state index in [-0.39, 0.29) is 16.9 Å². The molecule has 82 valence electrons. The number of sulfonamides is 1. The van der Waals surface area contributed by atoms with Crippen LogP contribution in [0.5, 0.6) is 0 Å². The van der Waals surface area contributed by atoms with Crippen molar-refractivity contribution in [3.05, 3.63) is 23.8 Å². The molecule has 1 aromatic carbocycles. The largest absolute Gasteiger partial charge is 0.478 e. The number of carbonyl (C=O) groups is 1. The summed E-state index contributed by atoms with van der Waals surface area (Å²) >= 11 is 0. The molecule has 0 bridgehead atoms. The lowest BCUT2D eigenvalue weighted by atomic mass is 10.1. The number of hydrogen-bond acceptors (Lipinski definition) is 4. The summed E-state index contributed by atoms with van der Waals surface area (Å²) in [5, 5.41) is 8.73. The number of carboxylic acid groups (broad SMARTS) is 1. The van der Waals surface area contributed by atoms with Gasteiger partial charge >= 0.3 is 5.97 Å². The van der Waals surface area contributed by atoms with Gasteiger partial charge in [0.1, 0.15) is 0 Å². The summed E-state index contributed by atoms with van der Waals surface area (Å²) in [4.78, 5) is 10.7. The van der Waals surface area contributed by atoms with Crippen molar-refractivity contribution in [1.29, 1.82) is 0 Å². The molecule has 15 heavy (non-hydrogen) atoms. The molecular weight excluding hydrogens is 220 g/mol. The van der Waals surface area contributed by atoms with E-state index < -0.39 is 16.0 Å². The first kappa shape index (κ1) is 11.3. The number of anilines is 2. The molecular formula is C8H10N2O4S. The maximum atomic E-state index is 10.9. The minimum absolute atomic E-state index is 0.0848. The lowest BCUT2D eigenvalue weighted by Crippen LogP contribution is -2.11. The van der Waals surface area contributed by atoms with Crippen LogP contribution < -0.4 is 10.5 Å². The van der Waals surface area contributed by atoms with Crippen LogP contribution in [-0.4, -0.2) is 25.7 Å². The Morgan fingerprint density at radius 2 is 2.07 bits per heavy atom.